The summed E-state index contributed by atoms with van der Waals surface area (Å²) in [5.41, 5.74) is 10.9. The van der Waals surface area contributed by atoms with Gasteiger partial charge >= 0.3 is 0 Å². The number of thiophene rings is 1. The van der Waals surface area contributed by atoms with Crippen LogP contribution in [0.2, 0.25) is 0 Å². The highest BCUT2D eigenvalue weighted by molar-refractivity contribution is 7.21. The number of nitrogens with one attached hydrogen (secondary N) is 1. The van der Waals surface area contributed by atoms with E-state index in [0.29, 0.717) is 15.7 Å². The van der Waals surface area contributed by atoms with Gasteiger partial charge in [0.05, 0.1) is 16.9 Å². The summed E-state index contributed by atoms with van der Waals surface area (Å²) < 4.78 is 0. The quantitative estimate of drug-likeness (QED) is 0.539. The Morgan fingerprint density at radius 2 is 1.96 bits per heavy atom. The Labute approximate surface area is 152 Å². The minimum absolute atomic E-state index is 0.244. The summed E-state index contributed by atoms with van der Waals surface area (Å²) in [7, 11) is 0. The Morgan fingerprint density at radius 3 is 2.68 bits per heavy atom. The van der Waals surface area contributed by atoms with E-state index < -0.39 is 0 Å². The van der Waals surface area contributed by atoms with Crippen molar-refractivity contribution in [2.24, 2.45) is 0 Å². The minimum Gasteiger partial charge on any atom is -0.397 e. The standard InChI is InChI=1S/C18H16N4OS2/c1-8-4-9(2)14-11(5-8)6-12-13(19)15(25-17(12)21-14)16(23)22-18-20-10(3)7-24-18/h4-7H,19H2,1-3H3,(H,20,22,23). The molecule has 0 unspecified atom stereocenters. The zero-order valence-electron chi connectivity index (χ0n) is 14.0. The average molecular weight is 368 g/mol. The molecule has 126 valence electrons. The van der Waals surface area contributed by atoms with Crippen LogP contribution in [0.3, 0.4) is 0 Å². The van der Waals surface area contributed by atoms with Crippen molar-refractivity contribution in [3.8, 4) is 0 Å². The third kappa shape index (κ3) is 2.75. The zero-order valence-corrected chi connectivity index (χ0v) is 15.6. The van der Waals surface area contributed by atoms with Crippen molar-refractivity contribution >= 4 is 60.5 Å². The molecular weight excluding hydrogens is 352 g/mol. The number of nitrogens with two attached hydrogens (primary N) is 1. The maximum absolute atomic E-state index is 12.6. The minimum atomic E-state index is -0.244. The molecule has 1 amide bonds. The van der Waals surface area contributed by atoms with Crippen molar-refractivity contribution < 1.29 is 4.79 Å². The predicted octanol–water partition coefficient (Wildman–Crippen LogP) is 4.67. The molecule has 3 N–H and O–H groups in total. The normalized spacial score (nSPS) is 11.3. The lowest BCUT2D eigenvalue weighted by Gasteiger charge is -2.04. The van der Waals surface area contributed by atoms with Crippen LogP contribution in [0.25, 0.3) is 21.1 Å². The van der Waals surface area contributed by atoms with Crippen LogP contribution in [0, 0.1) is 20.8 Å². The summed E-state index contributed by atoms with van der Waals surface area (Å²) in [4.78, 5) is 22.8. The van der Waals surface area contributed by atoms with E-state index in [0.717, 1.165) is 32.4 Å². The van der Waals surface area contributed by atoms with Crippen LogP contribution < -0.4 is 11.1 Å². The predicted molar refractivity (Wildman–Crippen MR) is 106 cm³/mol. The van der Waals surface area contributed by atoms with Crippen molar-refractivity contribution in [1.82, 2.24) is 9.97 Å². The van der Waals surface area contributed by atoms with Gasteiger partial charge in [0.25, 0.3) is 5.91 Å². The third-order valence-electron chi connectivity index (χ3n) is 4.00. The second kappa shape index (κ2) is 5.79. The number of benzene rings is 1. The van der Waals surface area contributed by atoms with E-state index in [4.69, 9.17) is 10.7 Å². The van der Waals surface area contributed by atoms with Gasteiger partial charge in [0.1, 0.15) is 9.71 Å². The van der Waals surface area contributed by atoms with Gasteiger partial charge in [-0.25, -0.2) is 9.97 Å². The summed E-state index contributed by atoms with van der Waals surface area (Å²) in [6.07, 6.45) is 0. The number of fused-ring (bicyclic) bond motifs is 2. The molecule has 0 aliphatic heterocycles. The van der Waals surface area contributed by atoms with E-state index in [1.165, 1.54) is 28.2 Å². The summed E-state index contributed by atoms with van der Waals surface area (Å²) in [6.45, 7) is 5.99. The molecule has 0 aliphatic rings. The van der Waals surface area contributed by atoms with Gasteiger partial charge in [0.2, 0.25) is 0 Å². The molecule has 3 aromatic heterocycles. The molecule has 4 aromatic rings. The fourth-order valence-electron chi connectivity index (χ4n) is 2.91. The average Bonchev–Trinajstić information content (AvgIpc) is 3.09. The van der Waals surface area contributed by atoms with Crippen LogP contribution in [0.4, 0.5) is 10.8 Å². The monoisotopic (exact) mass is 368 g/mol. The fourth-order valence-corrected chi connectivity index (χ4v) is 4.57. The van der Waals surface area contributed by atoms with Gasteiger partial charge in [-0.1, -0.05) is 11.6 Å². The molecule has 0 spiro atoms. The summed E-state index contributed by atoms with van der Waals surface area (Å²) in [5, 5.41) is 7.14. The van der Waals surface area contributed by atoms with E-state index >= 15 is 0 Å². The number of aryl methyl sites for hydroxylation is 3. The molecular formula is C18H16N4OS2. The summed E-state index contributed by atoms with van der Waals surface area (Å²) in [6, 6.07) is 6.22. The summed E-state index contributed by atoms with van der Waals surface area (Å²) >= 11 is 2.71. The van der Waals surface area contributed by atoms with Crippen molar-refractivity contribution in [1.29, 1.82) is 0 Å². The lowest BCUT2D eigenvalue weighted by Crippen LogP contribution is -2.11. The lowest BCUT2D eigenvalue weighted by molar-refractivity contribution is 0.103. The van der Waals surface area contributed by atoms with E-state index in [1.807, 2.05) is 25.3 Å². The molecule has 0 saturated carbocycles. The maximum Gasteiger partial charge on any atom is 0.269 e. The Balaban J connectivity index is 1.82. The maximum atomic E-state index is 12.6. The molecule has 5 nitrogen and oxygen atoms in total. The van der Waals surface area contributed by atoms with Crippen LogP contribution in [0.15, 0.2) is 23.6 Å². The number of carbonyl (C=O) groups is 1. The smallest absolute Gasteiger partial charge is 0.269 e. The van der Waals surface area contributed by atoms with Crippen LogP contribution in [0.1, 0.15) is 26.5 Å². The molecule has 1 aromatic carbocycles. The van der Waals surface area contributed by atoms with E-state index in [-0.39, 0.29) is 5.91 Å². The number of hydrogen-bond donors (Lipinski definition) is 2. The number of hydrogen-bond acceptors (Lipinski definition) is 6. The van der Waals surface area contributed by atoms with Crippen LogP contribution in [-0.4, -0.2) is 15.9 Å². The largest absolute Gasteiger partial charge is 0.397 e. The molecule has 25 heavy (non-hydrogen) atoms. The number of thiazole rings is 1. The third-order valence-corrected chi connectivity index (χ3v) is 5.99. The van der Waals surface area contributed by atoms with Gasteiger partial charge in [-0.2, -0.15) is 0 Å². The number of anilines is 2. The van der Waals surface area contributed by atoms with Gasteiger partial charge in [0, 0.05) is 16.2 Å². The Morgan fingerprint density at radius 1 is 1.16 bits per heavy atom. The van der Waals surface area contributed by atoms with Crippen LogP contribution >= 0.6 is 22.7 Å². The highest BCUT2D eigenvalue weighted by atomic mass is 32.1. The highest BCUT2D eigenvalue weighted by Crippen LogP contribution is 2.36. The first kappa shape index (κ1) is 16.0. The van der Waals surface area contributed by atoms with Gasteiger partial charge < -0.3 is 5.73 Å². The molecule has 0 bridgehead atoms. The Kier molecular flexibility index (Phi) is 3.70. The number of nitrogens with zero attached hydrogens (tertiary/aromatic N) is 2. The molecule has 0 aliphatic carbocycles. The highest BCUT2D eigenvalue weighted by Gasteiger charge is 2.19. The topological polar surface area (TPSA) is 80.9 Å². The molecule has 0 radical (unpaired) electrons. The molecule has 3 heterocycles. The number of pyridine rings is 1. The lowest BCUT2D eigenvalue weighted by atomic mass is 10.1. The van der Waals surface area contributed by atoms with Crippen molar-refractivity contribution in [2.75, 3.05) is 11.1 Å². The molecule has 0 fully saturated rings. The summed E-state index contributed by atoms with van der Waals surface area (Å²) in [5.74, 6) is -0.244. The Hall–Kier alpha value is -2.51. The molecule has 0 atom stereocenters. The van der Waals surface area contributed by atoms with Crippen LogP contribution in [-0.2, 0) is 0 Å². The number of rotatable bonds is 2. The van der Waals surface area contributed by atoms with Crippen molar-refractivity contribution in [3.63, 3.8) is 0 Å². The number of nitrogen functional groups attached to an aromatic ring is 1. The van der Waals surface area contributed by atoms with Gasteiger partial charge in [-0.15, -0.1) is 22.7 Å². The number of carbonyl (C=O) groups excluding carboxylic acids is 1. The van der Waals surface area contributed by atoms with E-state index in [1.54, 1.807) is 0 Å². The van der Waals surface area contributed by atoms with Crippen LogP contribution in [0.5, 0.6) is 0 Å². The first-order valence-electron chi connectivity index (χ1n) is 7.76. The van der Waals surface area contributed by atoms with E-state index in [9.17, 15) is 4.79 Å². The van der Waals surface area contributed by atoms with Gasteiger partial charge in [-0.3, -0.25) is 10.1 Å². The van der Waals surface area contributed by atoms with Gasteiger partial charge in [0.15, 0.2) is 5.13 Å². The SMILES string of the molecule is Cc1cc(C)c2nc3sc(C(=O)Nc4nc(C)cs4)c(N)c3cc2c1. The number of aromatic nitrogens is 2. The second-order valence-corrected chi connectivity index (χ2v) is 7.94. The molecule has 0 saturated heterocycles. The van der Waals surface area contributed by atoms with Crippen molar-refractivity contribution in [3.05, 3.63) is 45.3 Å². The van der Waals surface area contributed by atoms with E-state index in [2.05, 4.69) is 29.4 Å². The van der Waals surface area contributed by atoms with Gasteiger partial charge in [-0.05, 0) is 38.5 Å². The second-order valence-electron chi connectivity index (χ2n) is 6.09. The fraction of sp³-hybridized carbons (Fsp3) is 0.167. The first-order chi connectivity index (χ1) is 11.9. The molecule has 7 heteroatoms. The molecule has 4 rings (SSSR count). The van der Waals surface area contributed by atoms with Crippen molar-refractivity contribution in [2.45, 2.75) is 20.8 Å². The zero-order chi connectivity index (χ0) is 17.7. The first-order valence-corrected chi connectivity index (χ1v) is 9.45. The Bertz CT molecular complexity index is 1140. The number of amides is 1.